The first-order valence-corrected chi connectivity index (χ1v) is 7.26. The van der Waals surface area contributed by atoms with Crippen LogP contribution in [0, 0.1) is 0 Å². The molecule has 0 fully saturated rings. The van der Waals surface area contributed by atoms with Crippen molar-refractivity contribution >= 4 is 18.3 Å². The molecular formula is C17H22ClN3O2. The zero-order chi connectivity index (χ0) is 15.9. The van der Waals surface area contributed by atoms with Gasteiger partial charge in [-0.25, -0.2) is 0 Å². The second-order valence-corrected chi connectivity index (χ2v) is 4.94. The van der Waals surface area contributed by atoms with E-state index in [0.717, 1.165) is 11.3 Å². The first kappa shape index (κ1) is 18.9. The van der Waals surface area contributed by atoms with Crippen molar-refractivity contribution in [3.05, 3.63) is 59.4 Å². The molecule has 2 aromatic rings. The van der Waals surface area contributed by atoms with Gasteiger partial charge in [0, 0.05) is 37.5 Å². The molecule has 0 saturated carbocycles. The molecule has 1 amide bonds. The number of para-hydroxylation sites is 1. The topological polar surface area (TPSA) is 68.5 Å². The number of hydrogen-bond acceptors (Lipinski definition) is 4. The maximum atomic E-state index is 12.5. The van der Waals surface area contributed by atoms with Crippen LogP contribution in [-0.4, -0.2) is 29.4 Å². The predicted octanol–water partition coefficient (Wildman–Crippen LogP) is 2.63. The van der Waals surface area contributed by atoms with E-state index in [9.17, 15) is 4.79 Å². The van der Waals surface area contributed by atoms with E-state index in [4.69, 9.17) is 10.5 Å². The summed E-state index contributed by atoms with van der Waals surface area (Å²) in [6, 6.07) is 11.2. The van der Waals surface area contributed by atoms with E-state index in [-0.39, 0.29) is 18.3 Å². The van der Waals surface area contributed by atoms with Crippen LogP contribution in [0.3, 0.4) is 0 Å². The molecule has 2 rings (SSSR count). The molecule has 5 nitrogen and oxygen atoms in total. The summed E-state index contributed by atoms with van der Waals surface area (Å²) in [5, 5.41) is 0. The Morgan fingerprint density at radius 1 is 1.30 bits per heavy atom. The first-order valence-electron chi connectivity index (χ1n) is 7.26. The van der Waals surface area contributed by atoms with Gasteiger partial charge in [-0.2, -0.15) is 0 Å². The van der Waals surface area contributed by atoms with Gasteiger partial charge in [0.25, 0.3) is 5.91 Å². The van der Waals surface area contributed by atoms with E-state index in [1.807, 2.05) is 31.2 Å². The number of carbonyl (C=O) groups is 1. The summed E-state index contributed by atoms with van der Waals surface area (Å²) in [5.41, 5.74) is 7.84. The number of halogens is 1. The summed E-state index contributed by atoms with van der Waals surface area (Å²) < 4.78 is 5.60. The van der Waals surface area contributed by atoms with Crippen molar-refractivity contribution in [3.8, 4) is 5.75 Å². The lowest BCUT2D eigenvalue weighted by Gasteiger charge is -2.19. The molecule has 0 radical (unpaired) electrons. The fraction of sp³-hybridized carbons (Fsp3) is 0.294. The molecule has 1 aromatic carbocycles. The van der Waals surface area contributed by atoms with Crippen LogP contribution in [-0.2, 0) is 13.1 Å². The molecule has 1 heterocycles. The van der Waals surface area contributed by atoms with Crippen molar-refractivity contribution in [2.24, 2.45) is 5.73 Å². The summed E-state index contributed by atoms with van der Waals surface area (Å²) >= 11 is 0. The van der Waals surface area contributed by atoms with Crippen LogP contribution in [0.5, 0.6) is 5.75 Å². The predicted molar refractivity (Wildman–Crippen MR) is 92.8 cm³/mol. The Balaban J connectivity index is 0.00000264. The third kappa shape index (κ3) is 4.94. The minimum absolute atomic E-state index is 0. The van der Waals surface area contributed by atoms with Crippen molar-refractivity contribution in [1.29, 1.82) is 0 Å². The maximum absolute atomic E-state index is 12.5. The molecule has 0 unspecified atom stereocenters. The maximum Gasteiger partial charge on any atom is 0.254 e. The molecular weight excluding hydrogens is 314 g/mol. The number of rotatable bonds is 6. The van der Waals surface area contributed by atoms with Crippen LogP contribution < -0.4 is 10.5 Å². The number of aromatic nitrogens is 1. The van der Waals surface area contributed by atoms with Crippen molar-refractivity contribution in [3.63, 3.8) is 0 Å². The second-order valence-electron chi connectivity index (χ2n) is 4.94. The zero-order valence-electron chi connectivity index (χ0n) is 13.4. The zero-order valence-corrected chi connectivity index (χ0v) is 14.2. The van der Waals surface area contributed by atoms with Gasteiger partial charge in [-0.1, -0.05) is 18.2 Å². The molecule has 0 spiro atoms. The van der Waals surface area contributed by atoms with Gasteiger partial charge in [0.05, 0.1) is 12.3 Å². The minimum atomic E-state index is -0.0663. The Morgan fingerprint density at radius 3 is 2.74 bits per heavy atom. The van der Waals surface area contributed by atoms with Gasteiger partial charge in [0.1, 0.15) is 5.75 Å². The molecule has 0 bridgehead atoms. The van der Waals surface area contributed by atoms with Gasteiger partial charge in [0.2, 0.25) is 0 Å². The van der Waals surface area contributed by atoms with Gasteiger partial charge in [-0.3, -0.25) is 9.78 Å². The van der Waals surface area contributed by atoms with Crippen LogP contribution in [0.15, 0.2) is 42.6 Å². The van der Waals surface area contributed by atoms with Gasteiger partial charge >= 0.3 is 0 Å². The molecule has 0 saturated heterocycles. The highest BCUT2D eigenvalue weighted by Crippen LogP contribution is 2.20. The molecule has 6 heteroatoms. The summed E-state index contributed by atoms with van der Waals surface area (Å²) in [6.07, 6.45) is 1.61. The van der Waals surface area contributed by atoms with E-state index in [1.165, 1.54) is 0 Å². The van der Waals surface area contributed by atoms with E-state index < -0.39 is 0 Å². The number of ether oxygens (including phenoxy) is 1. The minimum Gasteiger partial charge on any atom is -0.494 e. The number of carbonyl (C=O) groups excluding carboxylic acids is 1. The highest BCUT2D eigenvalue weighted by atomic mass is 35.5. The van der Waals surface area contributed by atoms with Crippen LogP contribution in [0.1, 0.15) is 28.5 Å². The van der Waals surface area contributed by atoms with E-state index in [0.29, 0.717) is 31.0 Å². The summed E-state index contributed by atoms with van der Waals surface area (Å²) in [4.78, 5) is 18.3. The Labute approximate surface area is 142 Å². The molecule has 0 aliphatic rings. The molecule has 124 valence electrons. The fourth-order valence-electron chi connectivity index (χ4n) is 2.20. The van der Waals surface area contributed by atoms with E-state index in [1.54, 1.807) is 30.3 Å². The molecule has 0 aliphatic heterocycles. The van der Waals surface area contributed by atoms with Crippen molar-refractivity contribution in [2.45, 2.75) is 20.0 Å². The Kier molecular flexibility index (Phi) is 7.51. The van der Waals surface area contributed by atoms with E-state index >= 15 is 0 Å². The van der Waals surface area contributed by atoms with Crippen LogP contribution in [0.2, 0.25) is 0 Å². The standard InChI is InChI=1S/C17H21N3O2.ClH/c1-3-22-16-7-5-4-6-14(16)12-20(2)17(21)13-8-9-19-15(10-13)11-18;/h4-10H,3,11-12,18H2,1-2H3;1H. The van der Waals surface area contributed by atoms with Gasteiger partial charge in [-0.15, -0.1) is 12.4 Å². The Bertz CT molecular complexity index is 649. The Hall–Kier alpha value is -2.11. The highest BCUT2D eigenvalue weighted by molar-refractivity contribution is 5.94. The molecule has 23 heavy (non-hydrogen) atoms. The monoisotopic (exact) mass is 335 g/mol. The lowest BCUT2D eigenvalue weighted by Crippen LogP contribution is -2.26. The summed E-state index contributed by atoms with van der Waals surface area (Å²) in [6.45, 7) is 3.34. The molecule has 0 atom stereocenters. The first-order chi connectivity index (χ1) is 10.7. The molecule has 1 aromatic heterocycles. The smallest absolute Gasteiger partial charge is 0.254 e. The average molecular weight is 336 g/mol. The lowest BCUT2D eigenvalue weighted by atomic mass is 10.1. The Morgan fingerprint density at radius 2 is 2.04 bits per heavy atom. The van der Waals surface area contributed by atoms with Gasteiger partial charge in [-0.05, 0) is 25.1 Å². The third-order valence-corrected chi connectivity index (χ3v) is 3.30. The SMILES string of the molecule is CCOc1ccccc1CN(C)C(=O)c1ccnc(CN)c1.Cl. The van der Waals surface area contributed by atoms with Crippen molar-refractivity contribution < 1.29 is 9.53 Å². The fourth-order valence-corrected chi connectivity index (χ4v) is 2.20. The number of hydrogen-bond donors (Lipinski definition) is 1. The number of benzene rings is 1. The number of nitrogens with zero attached hydrogens (tertiary/aromatic N) is 2. The molecule has 2 N–H and O–H groups in total. The quantitative estimate of drug-likeness (QED) is 0.881. The van der Waals surface area contributed by atoms with Gasteiger partial charge < -0.3 is 15.4 Å². The largest absolute Gasteiger partial charge is 0.494 e. The van der Waals surface area contributed by atoms with Crippen molar-refractivity contribution in [1.82, 2.24) is 9.88 Å². The second kappa shape index (κ2) is 9.12. The summed E-state index contributed by atoms with van der Waals surface area (Å²) in [5.74, 6) is 0.741. The number of pyridine rings is 1. The van der Waals surface area contributed by atoms with Crippen LogP contribution >= 0.6 is 12.4 Å². The normalized spacial score (nSPS) is 9.87. The average Bonchev–Trinajstić information content (AvgIpc) is 2.56. The molecule has 0 aliphatic carbocycles. The summed E-state index contributed by atoms with van der Waals surface area (Å²) in [7, 11) is 1.77. The van der Waals surface area contributed by atoms with Crippen LogP contribution in [0.4, 0.5) is 0 Å². The number of amides is 1. The third-order valence-electron chi connectivity index (χ3n) is 3.30. The van der Waals surface area contributed by atoms with Crippen LogP contribution in [0.25, 0.3) is 0 Å². The number of nitrogens with two attached hydrogens (primary N) is 1. The van der Waals surface area contributed by atoms with Gasteiger partial charge in [0.15, 0.2) is 0 Å². The lowest BCUT2D eigenvalue weighted by molar-refractivity contribution is 0.0783. The van der Waals surface area contributed by atoms with Crippen molar-refractivity contribution in [2.75, 3.05) is 13.7 Å². The highest BCUT2D eigenvalue weighted by Gasteiger charge is 2.14. The van der Waals surface area contributed by atoms with E-state index in [2.05, 4.69) is 4.98 Å².